The van der Waals surface area contributed by atoms with Crippen LogP contribution in [0.4, 0.5) is 0 Å². The Kier molecular flexibility index (Phi) is 8.18. The van der Waals surface area contributed by atoms with E-state index in [9.17, 15) is 0 Å². The van der Waals surface area contributed by atoms with Crippen molar-refractivity contribution in [3.05, 3.63) is 0 Å². The molecule has 0 aromatic carbocycles. The molecule has 0 fully saturated rings. The Bertz CT molecular complexity index is 118. The van der Waals surface area contributed by atoms with Gasteiger partial charge in [0.15, 0.2) is 0 Å². The summed E-state index contributed by atoms with van der Waals surface area (Å²) < 4.78 is 0.685. The Morgan fingerprint density at radius 2 is 1.45 bits per heavy atom. The minimum absolute atomic E-state index is 0. The molecule has 1 radical (unpaired) electrons. The molecule has 0 saturated carbocycles. The first-order valence-electron chi connectivity index (χ1n) is 3.48. The third kappa shape index (κ3) is 5.07. The molecule has 0 saturated heterocycles. The van der Waals surface area contributed by atoms with Gasteiger partial charge in [0.2, 0.25) is 0 Å². The van der Waals surface area contributed by atoms with E-state index in [1.54, 1.807) is 0 Å². The average molecular weight is 241 g/mol. The molecule has 0 aliphatic rings. The SMILES string of the molecule is CC(C)N(C(=S)S)C(C)C.[Cu]. The predicted molar refractivity (Wildman–Crippen MR) is 53.7 cm³/mol. The first-order chi connectivity index (χ1) is 4.46. The second-order valence-electron chi connectivity index (χ2n) is 2.88. The van der Waals surface area contributed by atoms with Crippen molar-refractivity contribution in [3.8, 4) is 0 Å². The van der Waals surface area contributed by atoms with Gasteiger partial charge in [-0.2, -0.15) is 0 Å². The van der Waals surface area contributed by atoms with Crippen LogP contribution in [0.2, 0.25) is 0 Å². The summed E-state index contributed by atoms with van der Waals surface area (Å²) in [7, 11) is 0. The minimum Gasteiger partial charge on any atom is -0.353 e. The van der Waals surface area contributed by atoms with Gasteiger partial charge in [-0.05, 0) is 27.7 Å². The average Bonchev–Trinajstić information content (AvgIpc) is 1.59. The number of nitrogens with zero attached hydrogens (tertiary/aromatic N) is 1. The van der Waals surface area contributed by atoms with Gasteiger partial charge in [-0.3, -0.25) is 0 Å². The van der Waals surface area contributed by atoms with Crippen molar-refractivity contribution < 1.29 is 17.1 Å². The van der Waals surface area contributed by atoms with E-state index < -0.39 is 0 Å². The fourth-order valence-corrected chi connectivity index (χ4v) is 1.92. The molecule has 11 heavy (non-hydrogen) atoms. The van der Waals surface area contributed by atoms with E-state index in [-0.39, 0.29) is 17.1 Å². The van der Waals surface area contributed by atoms with E-state index in [0.717, 1.165) is 0 Å². The van der Waals surface area contributed by atoms with Crippen LogP contribution < -0.4 is 0 Å². The third-order valence-corrected chi connectivity index (χ3v) is 1.78. The number of hydrogen-bond donors (Lipinski definition) is 1. The zero-order valence-corrected chi connectivity index (χ0v) is 9.91. The number of hydrogen-bond acceptors (Lipinski definition) is 1. The Morgan fingerprint density at radius 1 is 1.18 bits per heavy atom. The molecule has 0 aromatic rings. The molecule has 0 N–H and O–H groups in total. The molecule has 0 aromatic heterocycles. The van der Waals surface area contributed by atoms with E-state index in [4.69, 9.17) is 12.2 Å². The van der Waals surface area contributed by atoms with E-state index in [1.807, 2.05) is 0 Å². The zero-order valence-electron chi connectivity index (χ0n) is 7.26. The van der Waals surface area contributed by atoms with Crippen LogP contribution in [0.3, 0.4) is 0 Å². The van der Waals surface area contributed by atoms with Crippen molar-refractivity contribution in [1.82, 2.24) is 4.90 Å². The largest absolute Gasteiger partial charge is 0.353 e. The maximum atomic E-state index is 4.96. The minimum atomic E-state index is 0. The smallest absolute Gasteiger partial charge is 0.133 e. The topological polar surface area (TPSA) is 3.24 Å². The second kappa shape index (κ2) is 6.29. The van der Waals surface area contributed by atoms with Crippen molar-refractivity contribution >= 4 is 29.2 Å². The van der Waals surface area contributed by atoms with Crippen LogP contribution >= 0.6 is 24.8 Å². The Morgan fingerprint density at radius 3 is 1.45 bits per heavy atom. The number of thiol groups is 1. The van der Waals surface area contributed by atoms with Crippen LogP contribution in [0.25, 0.3) is 0 Å². The molecule has 1 nitrogen and oxygen atoms in total. The summed E-state index contributed by atoms with van der Waals surface area (Å²) >= 11 is 9.09. The third-order valence-electron chi connectivity index (χ3n) is 1.33. The van der Waals surface area contributed by atoms with Gasteiger partial charge in [0.25, 0.3) is 0 Å². The van der Waals surface area contributed by atoms with Crippen LogP contribution in [0.1, 0.15) is 27.7 Å². The van der Waals surface area contributed by atoms with Crippen LogP contribution in [-0.2, 0) is 17.1 Å². The molecule has 71 valence electrons. The molecule has 4 heteroatoms. The van der Waals surface area contributed by atoms with Gasteiger partial charge >= 0.3 is 0 Å². The van der Waals surface area contributed by atoms with Gasteiger partial charge in [0.05, 0.1) is 0 Å². The Labute approximate surface area is 90.8 Å². The first-order valence-corrected chi connectivity index (χ1v) is 4.33. The molecule has 0 rings (SSSR count). The first kappa shape index (κ1) is 14.3. The summed E-state index contributed by atoms with van der Waals surface area (Å²) in [5.74, 6) is 0. The van der Waals surface area contributed by atoms with Crippen LogP contribution in [0, 0.1) is 0 Å². The molecule has 0 atom stereocenters. The van der Waals surface area contributed by atoms with Crippen molar-refractivity contribution in [2.75, 3.05) is 0 Å². The molecule has 0 unspecified atom stereocenters. The maximum Gasteiger partial charge on any atom is 0.133 e. The molecule has 0 heterocycles. The number of rotatable bonds is 2. The van der Waals surface area contributed by atoms with Gasteiger partial charge in [-0.15, -0.1) is 12.6 Å². The summed E-state index contributed by atoms with van der Waals surface area (Å²) in [5, 5.41) is 0. The van der Waals surface area contributed by atoms with E-state index in [2.05, 4.69) is 45.2 Å². The number of thiocarbonyl (C=S) groups is 1. The molecule has 0 aliphatic carbocycles. The Balaban J connectivity index is 0. The summed E-state index contributed by atoms with van der Waals surface area (Å²) in [5.41, 5.74) is 0. The molecular weight excluding hydrogens is 226 g/mol. The van der Waals surface area contributed by atoms with Gasteiger partial charge in [-0.25, -0.2) is 0 Å². The molecule has 0 spiro atoms. The summed E-state index contributed by atoms with van der Waals surface area (Å²) in [6, 6.07) is 0.898. The van der Waals surface area contributed by atoms with Crippen molar-refractivity contribution in [2.45, 2.75) is 39.8 Å². The van der Waals surface area contributed by atoms with Gasteiger partial charge in [-0.1, -0.05) is 12.2 Å². The normalized spacial score (nSPS) is 9.73. The molecule has 0 aliphatic heterocycles. The monoisotopic (exact) mass is 240 g/mol. The van der Waals surface area contributed by atoms with E-state index >= 15 is 0 Å². The van der Waals surface area contributed by atoms with Crippen LogP contribution in [0.15, 0.2) is 0 Å². The van der Waals surface area contributed by atoms with Crippen molar-refractivity contribution in [3.63, 3.8) is 0 Å². The molecular formula is C7H15CuNS2. The van der Waals surface area contributed by atoms with Gasteiger partial charge in [0, 0.05) is 29.2 Å². The Hall–Kier alpha value is 0.759. The fourth-order valence-electron chi connectivity index (χ4n) is 1.04. The quantitative estimate of drug-likeness (QED) is 0.449. The maximum absolute atomic E-state index is 4.96. The standard InChI is InChI=1S/C7H15NS2.Cu/c1-5(2)8(6(3)4)7(9)10;/h5-6H,1-4H3,(H,9,10);. The van der Waals surface area contributed by atoms with Crippen molar-refractivity contribution in [1.29, 1.82) is 0 Å². The summed E-state index contributed by atoms with van der Waals surface area (Å²) in [4.78, 5) is 2.10. The van der Waals surface area contributed by atoms with Crippen LogP contribution in [-0.4, -0.2) is 21.3 Å². The van der Waals surface area contributed by atoms with E-state index in [1.165, 1.54) is 0 Å². The second-order valence-corrected chi connectivity index (χ2v) is 3.99. The van der Waals surface area contributed by atoms with Crippen LogP contribution in [0.5, 0.6) is 0 Å². The van der Waals surface area contributed by atoms with Crippen molar-refractivity contribution in [2.24, 2.45) is 0 Å². The predicted octanol–water partition coefficient (Wildman–Crippen LogP) is 2.32. The summed E-state index contributed by atoms with van der Waals surface area (Å²) in [6.45, 7) is 8.45. The molecule has 0 bridgehead atoms. The van der Waals surface area contributed by atoms with Gasteiger partial charge in [0.1, 0.15) is 4.32 Å². The van der Waals surface area contributed by atoms with E-state index in [0.29, 0.717) is 16.4 Å². The summed E-state index contributed by atoms with van der Waals surface area (Å²) in [6.07, 6.45) is 0. The van der Waals surface area contributed by atoms with Gasteiger partial charge < -0.3 is 4.90 Å². The fraction of sp³-hybridized carbons (Fsp3) is 0.857. The molecule has 0 amide bonds. The zero-order chi connectivity index (χ0) is 8.31.